The molecular weight excluding hydrogens is 282 g/mol. The number of hydrogen-bond donors (Lipinski definition) is 2. The molecule has 4 nitrogen and oxygen atoms in total. The van der Waals surface area contributed by atoms with Gasteiger partial charge in [-0.1, -0.05) is 12.1 Å². The van der Waals surface area contributed by atoms with Gasteiger partial charge in [0.15, 0.2) is 0 Å². The van der Waals surface area contributed by atoms with Gasteiger partial charge >= 0.3 is 0 Å². The predicted molar refractivity (Wildman–Crippen MR) is 86.0 cm³/mol. The van der Waals surface area contributed by atoms with Crippen LogP contribution in [0.25, 0.3) is 17.1 Å². The van der Waals surface area contributed by atoms with Crippen LogP contribution in [0.15, 0.2) is 47.2 Å². The molecule has 0 aliphatic carbocycles. The van der Waals surface area contributed by atoms with E-state index in [1.807, 2.05) is 48.0 Å². The molecule has 1 amide bonds. The zero-order chi connectivity index (χ0) is 14.7. The number of hydrogen-bond acceptors (Lipinski definition) is 3. The fourth-order valence-corrected chi connectivity index (χ4v) is 2.68. The Hall–Kier alpha value is -2.40. The molecule has 106 valence electrons. The van der Waals surface area contributed by atoms with Gasteiger partial charge in [-0.3, -0.25) is 4.79 Å². The number of imidazole rings is 1. The standard InChI is InChI=1S/C16H15N3OS/c1-11(16-18-13-4-2-3-5-14(13)19-16)17-15(20)7-6-12-8-9-21-10-12/h2-11H,1H3,(H,17,20)(H,18,19). The highest BCUT2D eigenvalue weighted by Crippen LogP contribution is 2.15. The highest BCUT2D eigenvalue weighted by atomic mass is 32.1. The van der Waals surface area contributed by atoms with Gasteiger partial charge in [-0.05, 0) is 47.5 Å². The highest BCUT2D eigenvalue weighted by Gasteiger charge is 2.11. The highest BCUT2D eigenvalue weighted by molar-refractivity contribution is 7.08. The number of fused-ring (bicyclic) bond motifs is 1. The summed E-state index contributed by atoms with van der Waals surface area (Å²) in [4.78, 5) is 19.6. The van der Waals surface area contributed by atoms with E-state index in [-0.39, 0.29) is 11.9 Å². The van der Waals surface area contributed by atoms with Crippen molar-refractivity contribution < 1.29 is 4.79 Å². The zero-order valence-corrected chi connectivity index (χ0v) is 12.4. The van der Waals surface area contributed by atoms with Crippen LogP contribution in [-0.2, 0) is 4.79 Å². The molecule has 3 aromatic rings. The summed E-state index contributed by atoms with van der Waals surface area (Å²) < 4.78 is 0. The van der Waals surface area contributed by atoms with E-state index >= 15 is 0 Å². The molecule has 1 aromatic carbocycles. The van der Waals surface area contributed by atoms with Gasteiger partial charge < -0.3 is 10.3 Å². The van der Waals surface area contributed by atoms with Crippen molar-refractivity contribution in [2.75, 3.05) is 0 Å². The second-order valence-electron chi connectivity index (χ2n) is 4.76. The minimum absolute atomic E-state index is 0.130. The lowest BCUT2D eigenvalue weighted by Crippen LogP contribution is -2.25. The minimum atomic E-state index is -0.169. The number of nitrogens with zero attached hydrogens (tertiary/aromatic N) is 1. The molecule has 0 spiro atoms. The Labute approximate surface area is 126 Å². The average molecular weight is 297 g/mol. The Kier molecular flexibility index (Phi) is 3.83. The van der Waals surface area contributed by atoms with Gasteiger partial charge in [0.25, 0.3) is 0 Å². The number of carbonyl (C=O) groups is 1. The third-order valence-corrected chi connectivity index (χ3v) is 3.85. The monoisotopic (exact) mass is 297 g/mol. The average Bonchev–Trinajstić information content (AvgIpc) is 3.14. The number of amides is 1. The first-order valence-corrected chi connectivity index (χ1v) is 7.62. The molecule has 0 saturated carbocycles. The summed E-state index contributed by atoms with van der Waals surface area (Å²) in [5.41, 5.74) is 2.91. The van der Waals surface area contributed by atoms with Crippen LogP contribution in [0.4, 0.5) is 0 Å². The molecule has 3 rings (SSSR count). The van der Waals surface area contributed by atoms with Gasteiger partial charge in [0.1, 0.15) is 5.82 Å². The summed E-state index contributed by atoms with van der Waals surface area (Å²) in [5.74, 6) is 0.627. The second kappa shape index (κ2) is 5.93. The Morgan fingerprint density at radius 3 is 3.00 bits per heavy atom. The van der Waals surface area contributed by atoms with Crippen LogP contribution < -0.4 is 5.32 Å². The Morgan fingerprint density at radius 2 is 2.24 bits per heavy atom. The molecule has 0 fully saturated rings. The summed E-state index contributed by atoms with van der Waals surface area (Å²) in [6, 6.07) is 9.61. The van der Waals surface area contributed by atoms with E-state index in [4.69, 9.17) is 0 Å². The maximum absolute atomic E-state index is 11.9. The number of aromatic nitrogens is 2. The molecule has 21 heavy (non-hydrogen) atoms. The van der Waals surface area contributed by atoms with Gasteiger partial charge in [0.2, 0.25) is 5.91 Å². The van der Waals surface area contributed by atoms with Crippen molar-refractivity contribution in [2.24, 2.45) is 0 Å². The first-order valence-electron chi connectivity index (χ1n) is 6.68. The molecule has 0 bridgehead atoms. The third-order valence-electron chi connectivity index (χ3n) is 3.15. The van der Waals surface area contributed by atoms with Gasteiger partial charge in [-0.25, -0.2) is 4.98 Å². The Bertz CT molecular complexity index is 741. The van der Waals surface area contributed by atoms with Crippen molar-refractivity contribution in [3.05, 3.63) is 58.6 Å². The second-order valence-corrected chi connectivity index (χ2v) is 5.54. The zero-order valence-electron chi connectivity index (χ0n) is 11.5. The van der Waals surface area contributed by atoms with Crippen LogP contribution >= 0.6 is 11.3 Å². The molecule has 0 radical (unpaired) electrons. The number of para-hydroxylation sites is 2. The molecule has 1 unspecified atom stereocenters. The fourth-order valence-electron chi connectivity index (χ4n) is 2.05. The number of carbonyl (C=O) groups excluding carboxylic acids is 1. The minimum Gasteiger partial charge on any atom is -0.343 e. The number of aromatic amines is 1. The molecule has 2 N–H and O–H groups in total. The van der Waals surface area contributed by atoms with Crippen molar-refractivity contribution in [3.8, 4) is 0 Å². The molecule has 2 aromatic heterocycles. The van der Waals surface area contributed by atoms with Crippen molar-refractivity contribution in [1.29, 1.82) is 0 Å². The number of rotatable bonds is 4. The Morgan fingerprint density at radius 1 is 1.38 bits per heavy atom. The normalized spacial score (nSPS) is 12.8. The van der Waals surface area contributed by atoms with Crippen LogP contribution in [-0.4, -0.2) is 15.9 Å². The van der Waals surface area contributed by atoms with Crippen molar-refractivity contribution >= 4 is 34.4 Å². The molecule has 0 aliphatic rings. The predicted octanol–water partition coefficient (Wildman–Crippen LogP) is 3.52. The fraction of sp³-hybridized carbons (Fsp3) is 0.125. The summed E-state index contributed by atoms with van der Waals surface area (Å²) in [5, 5.41) is 6.88. The summed E-state index contributed by atoms with van der Waals surface area (Å²) in [7, 11) is 0. The largest absolute Gasteiger partial charge is 0.343 e. The lowest BCUT2D eigenvalue weighted by Gasteiger charge is -2.08. The van der Waals surface area contributed by atoms with Gasteiger partial charge in [-0.15, -0.1) is 0 Å². The number of nitrogens with one attached hydrogen (secondary N) is 2. The molecule has 0 aliphatic heterocycles. The molecule has 2 heterocycles. The smallest absolute Gasteiger partial charge is 0.244 e. The van der Waals surface area contributed by atoms with Gasteiger partial charge in [-0.2, -0.15) is 11.3 Å². The van der Waals surface area contributed by atoms with Gasteiger partial charge in [0.05, 0.1) is 17.1 Å². The summed E-state index contributed by atoms with van der Waals surface area (Å²) >= 11 is 1.61. The quantitative estimate of drug-likeness (QED) is 0.724. The van der Waals surface area contributed by atoms with Crippen LogP contribution in [0.5, 0.6) is 0 Å². The van der Waals surface area contributed by atoms with E-state index in [9.17, 15) is 4.79 Å². The van der Waals surface area contributed by atoms with E-state index in [0.717, 1.165) is 22.4 Å². The topological polar surface area (TPSA) is 57.8 Å². The lowest BCUT2D eigenvalue weighted by atomic mass is 10.3. The lowest BCUT2D eigenvalue weighted by molar-refractivity contribution is -0.117. The molecule has 5 heteroatoms. The van der Waals surface area contributed by atoms with Crippen LogP contribution in [0.3, 0.4) is 0 Å². The van der Waals surface area contributed by atoms with E-state index in [1.54, 1.807) is 23.5 Å². The first kappa shape index (κ1) is 13.6. The van der Waals surface area contributed by atoms with Crippen LogP contribution in [0.2, 0.25) is 0 Å². The number of benzene rings is 1. The molecular formula is C16H15N3OS. The van der Waals surface area contributed by atoms with Crippen molar-refractivity contribution in [2.45, 2.75) is 13.0 Å². The van der Waals surface area contributed by atoms with E-state index in [2.05, 4.69) is 15.3 Å². The SMILES string of the molecule is CC(NC(=O)C=Cc1ccsc1)c1nc2ccccc2[nH]1. The first-order chi connectivity index (χ1) is 10.2. The summed E-state index contributed by atoms with van der Waals surface area (Å²) in [6.07, 6.45) is 3.35. The number of H-pyrrole nitrogens is 1. The van der Waals surface area contributed by atoms with E-state index in [1.165, 1.54) is 0 Å². The van der Waals surface area contributed by atoms with E-state index in [0.29, 0.717) is 0 Å². The van der Waals surface area contributed by atoms with Crippen LogP contribution in [0.1, 0.15) is 24.4 Å². The summed E-state index contributed by atoms with van der Waals surface area (Å²) in [6.45, 7) is 1.91. The van der Waals surface area contributed by atoms with Crippen molar-refractivity contribution in [1.82, 2.24) is 15.3 Å². The van der Waals surface area contributed by atoms with Crippen molar-refractivity contribution in [3.63, 3.8) is 0 Å². The maximum atomic E-state index is 11.9. The number of thiophene rings is 1. The molecule has 1 atom stereocenters. The van der Waals surface area contributed by atoms with E-state index < -0.39 is 0 Å². The van der Waals surface area contributed by atoms with Gasteiger partial charge in [0, 0.05) is 6.08 Å². The Balaban J connectivity index is 1.67. The third kappa shape index (κ3) is 3.20. The molecule has 0 saturated heterocycles. The van der Waals surface area contributed by atoms with Crippen LogP contribution in [0, 0.1) is 0 Å². The maximum Gasteiger partial charge on any atom is 0.244 e.